The van der Waals surface area contributed by atoms with Gasteiger partial charge in [0.15, 0.2) is 11.0 Å². The van der Waals surface area contributed by atoms with Crippen LogP contribution in [0.15, 0.2) is 30.5 Å². The molecule has 1 aliphatic rings. The lowest BCUT2D eigenvalue weighted by Gasteiger charge is -2.25. The van der Waals surface area contributed by atoms with Gasteiger partial charge in [-0.3, -0.25) is 4.79 Å². The molecule has 0 unspecified atom stereocenters. The normalized spacial score (nSPS) is 16.2. The van der Waals surface area contributed by atoms with Gasteiger partial charge in [0.1, 0.15) is 0 Å². The number of H-pyrrole nitrogens is 1. The maximum Gasteiger partial charge on any atom is 0.307 e. The first kappa shape index (κ1) is 21.4. The lowest BCUT2D eigenvalue weighted by molar-refractivity contribution is -0.142. The van der Waals surface area contributed by atoms with Gasteiger partial charge >= 0.3 is 5.97 Å². The Labute approximate surface area is 185 Å². The summed E-state index contributed by atoms with van der Waals surface area (Å²) in [5, 5.41) is 25.1. The van der Waals surface area contributed by atoms with Crippen LogP contribution < -0.4 is 4.90 Å². The summed E-state index contributed by atoms with van der Waals surface area (Å²) in [5.74, 6) is -1.23. The zero-order valence-electron chi connectivity index (χ0n) is 17.7. The Morgan fingerprint density at radius 2 is 2.00 bits per heavy atom. The van der Waals surface area contributed by atoms with Crippen molar-refractivity contribution in [2.75, 3.05) is 18.0 Å². The molecule has 1 saturated heterocycles. The molecule has 3 heterocycles. The number of aromatic nitrogens is 5. The van der Waals surface area contributed by atoms with E-state index < -0.39 is 11.9 Å². The number of hydrogen-bond donors (Lipinski definition) is 2. The minimum atomic E-state index is -0.817. The van der Waals surface area contributed by atoms with Crippen LogP contribution in [0.2, 0.25) is 0 Å². The lowest BCUT2D eigenvalue weighted by Crippen LogP contribution is -2.29. The number of rotatable bonds is 9. The minimum absolute atomic E-state index is 0.323. The molecule has 2 aromatic heterocycles. The van der Waals surface area contributed by atoms with Gasteiger partial charge in [0.05, 0.1) is 10.8 Å². The number of benzene rings is 1. The molecule has 0 saturated carbocycles. The number of hydrogen-bond acceptors (Lipinski definition) is 7. The number of piperidine rings is 1. The summed E-state index contributed by atoms with van der Waals surface area (Å²) in [5.41, 5.74) is 2.19. The maximum absolute atomic E-state index is 11.9. The average molecular weight is 441 g/mol. The zero-order chi connectivity index (χ0) is 21.6. The summed E-state index contributed by atoms with van der Waals surface area (Å²) in [6, 6.07) is 8.30. The summed E-state index contributed by atoms with van der Waals surface area (Å²) in [6.45, 7) is 4.17. The van der Waals surface area contributed by atoms with Crippen LogP contribution in [0.4, 0.5) is 5.13 Å². The third-order valence-corrected chi connectivity index (χ3v) is 7.02. The van der Waals surface area contributed by atoms with Gasteiger partial charge in [-0.2, -0.15) is 5.21 Å². The van der Waals surface area contributed by atoms with E-state index in [1.54, 1.807) is 11.3 Å². The molecule has 0 spiro atoms. The van der Waals surface area contributed by atoms with Crippen LogP contribution in [-0.4, -0.2) is 49.8 Å². The molecule has 2 N–H and O–H groups in total. The second-order valence-corrected chi connectivity index (χ2v) is 9.07. The molecule has 31 heavy (non-hydrogen) atoms. The van der Waals surface area contributed by atoms with Crippen molar-refractivity contribution >= 4 is 22.4 Å². The number of tetrazole rings is 1. The van der Waals surface area contributed by atoms with Gasteiger partial charge in [-0.05, 0) is 43.2 Å². The van der Waals surface area contributed by atoms with Crippen molar-refractivity contribution in [1.29, 1.82) is 0 Å². The molecule has 0 amide bonds. The fourth-order valence-electron chi connectivity index (χ4n) is 4.24. The largest absolute Gasteiger partial charge is 0.481 e. The number of nitrogens with zero attached hydrogens (tertiary/aromatic N) is 5. The van der Waals surface area contributed by atoms with Gasteiger partial charge in [0, 0.05) is 25.2 Å². The molecule has 1 aliphatic heterocycles. The van der Waals surface area contributed by atoms with Gasteiger partial charge in [-0.1, -0.05) is 54.2 Å². The average Bonchev–Trinajstić information content (AvgIpc) is 3.50. The van der Waals surface area contributed by atoms with Crippen molar-refractivity contribution in [3.8, 4) is 10.4 Å². The Balaban J connectivity index is 1.50. The van der Waals surface area contributed by atoms with Crippen LogP contribution in [0.5, 0.6) is 0 Å². The second kappa shape index (κ2) is 10.00. The Kier molecular flexibility index (Phi) is 6.91. The number of anilines is 1. The second-order valence-electron chi connectivity index (χ2n) is 8.07. The van der Waals surface area contributed by atoms with E-state index in [1.807, 2.05) is 13.1 Å². The third-order valence-electron chi connectivity index (χ3n) is 5.91. The molecule has 0 bridgehead atoms. The highest BCUT2D eigenvalue weighted by atomic mass is 32.1. The highest BCUT2D eigenvalue weighted by Gasteiger charge is 2.32. The molecule has 4 rings (SSSR count). The number of nitrogens with one attached hydrogen (secondary N) is 1. The molecule has 164 valence electrons. The standard InChI is InChI=1S/C22H28N6O2S/c1-2-6-17(21(29)30)18(20-24-26-27-25-20)13-15-7-9-16(10-8-15)19-14-23-22(31-19)28-11-4-3-5-12-28/h7-10,14,17-18H,2-6,11-13H2,1H3,(H,29,30)(H,24,25,26,27)/t17-,18-/m0/s1. The van der Waals surface area contributed by atoms with Crippen molar-refractivity contribution in [2.24, 2.45) is 5.92 Å². The van der Waals surface area contributed by atoms with E-state index in [0.29, 0.717) is 18.7 Å². The maximum atomic E-state index is 11.9. The van der Waals surface area contributed by atoms with E-state index in [1.165, 1.54) is 19.3 Å². The van der Waals surface area contributed by atoms with E-state index >= 15 is 0 Å². The van der Waals surface area contributed by atoms with Crippen LogP contribution >= 0.6 is 11.3 Å². The summed E-state index contributed by atoms with van der Waals surface area (Å²) in [6.07, 6.45) is 7.65. The predicted octanol–water partition coefficient (Wildman–Crippen LogP) is 4.14. The Bertz CT molecular complexity index is 966. The smallest absolute Gasteiger partial charge is 0.307 e. The van der Waals surface area contributed by atoms with Crippen molar-refractivity contribution < 1.29 is 9.90 Å². The lowest BCUT2D eigenvalue weighted by atomic mass is 9.83. The zero-order valence-corrected chi connectivity index (χ0v) is 18.5. The monoisotopic (exact) mass is 440 g/mol. The Morgan fingerprint density at radius 1 is 1.23 bits per heavy atom. The highest BCUT2D eigenvalue weighted by Crippen LogP contribution is 2.34. The minimum Gasteiger partial charge on any atom is -0.481 e. The van der Waals surface area contributed by atoms with Crippen LogP contribution in [-0.2, 0) is 11.2 Å². The summed E-state index contributed by atoms with van der Waals surface area (Å²) in [4.78, 5) is 20.1. The number of carbonyl (C=O) groups is 1. The van der Waals surface area contributed by atoms with Crippen LogP contribution in [0.25, 0.3) is 10.4 Å². The SMILES string of the molecule is CCC[C@H](C(=O)O)[C@H](Cc1ccc(-c2cnc(N3CCCCC3)s2)cc1)c1nn[nH]n1. The molecule has 2 atom stereocenters. The number of carboxylic acid groups (broad SMARTS) is 1. The van der Waals surface area contributed by atoms with E-state index in [-0.39, 0.29) is 5.92 Å². The third kappa shape index (κ3) is 5.10. The quantitative estimate of drug-likeness (QED) is 0.515. The number of aliphatic carboxylic acids is 1. The van der Waals surface area contributed by atoms with Gasteiger partial charge < -0.3 is 10.0 Å². The first-order valence-corrected chi connectivity index (χ1v) is 11.7. The molecule has 1 fully saturated rings. The van der Waals surface area contributed by atoms with Crippen LogP contribution in [0, 0.1) is 5.92 Å². The van der Waals surface area contributed by atoms with E-state index in [0.717, 1.165) is 40.6 Å². The first-order valence-electron chi connectivity index (χ1n) is 10.9. The van der Waals surface area contributed by atoms with Crippen molar-refractivity contribution in [3.05, 3.63) is 41.9 Å². The van der Waals surface area contributed by atoms with E-state index in [9.17, 15) is 9.90 Å². The molecule has 9 heteroatoms. The Hall–Kier alpha value is -2.81. The van der Waals surface area contributed by atoms with Crippen LogP contribution in [0.3, 0.4) is 0 Å². The predicted molar refractivity (Wildman–Crippen MR) is 120 cm³/mol. The fourth-order valence-corrected chi connectivity index (χ4v) is 5.21. The van der Waals surface area contributed by atoms with Crippen molar-refractivity contribution in [3.63, 3.8) is 0 Å². The molecule has 8 nitrogen and oxygen atoms in total. The number of thiazole rings is 1. The van der Waals surface area contributed by atoms with Gasteiger partial charge in [-0.25, -0.2) is 4.98 Å². The summed E-state index contributed by atoms with van der Waals surface area (Å²) in [7, 11) is 0. The van der Waals surface area contributed by atoms with Gasteiger partial charge in [-0.15, -0.1) is 10.2 Å². The fraction of sp³-hybridized carbons (Fsp3) is 0.500. The van der Waals surface area contributed by atoms with Crippen molar-refractivity contribution in [1.82, 2.24) is 25.6 Å². The number of carboxylic acids is 1. The number of aromatic amines is 1. The molecular weight excluding hydrogens is 412 g/mol. The molecule has 0 radical (unpaired) electrons. The molecule has 1 aromatic carbocycles. The molecule has 3 aromatic rings. The van der Waals surface area contributed by atoms with E-state index in [2.05, 4.69) is 54.8 Å². The topological polar surface area (TPSA) is 108 Å². The summed E-state index contributed by atoms with van der Waals surface area (Å²) >= 11 is 1.73. The van der Waals surface area contributed by atoms with Gasteiger partial charge in [0.2, 0.25) is 0 Å². The molecule has 0 aliphatic carbocycles. The first-order chi connectivity index (χ1) is 15.2. The highest BCUT2D eigenvalue weighted by molar-refractivity contribution is 7.18. The van der Waals surface area contributed by atoms with Crippen LogP contribution in [0.1, 0.15) is 56.3 Å². The van der Waals surface area contributed by atoms with E-state index in [4.69, 9.17) is 0 Å². The van der Waals surface area contributed by atoms with Crippen molar-refractivity contribution in [2.45, 2.75) is 51.4 Å². The van der Waals surface area contributed by atoms with Gasteiger partial charge in [0.25, 0.3) is 0 Å². The Morgan fingerprint density at radius 3 is 2.65 bits per heavy atom. The summed E-state index contributed by atoms with van der Waals surface area (Å²) < 4.78 is 0. The molecular formula is C22H28N6O2S.